The van der Waals surface area contributed by atoms with Crippen LogP contribution in [0.5, 0.6) is 0 Å². The summed E-state index contributed by atoms with van der Waals surface area (Å²) in [4.78, 5) is 2.39. The van der Waals surface area contributed by atoms with Crippen LogP contribution in [0.4, 0.5) is 0 Å². The van der Waals surface area contributed by atoms with Crippen molar-refractivity contribution in [1.82, 2.24) is 10.2 Å². The van der Waals surface area contributed by atoms with Gasteiger partial charge in [-0.05, 0) is 46.3 Å². The van der Waals surface area contributed by atoms with Crippen LogP contribution < -0.4 is 5.32 Å². The molecule has 0 saturated carbocycles. The topological polar surface area (TPSA) is 33.7 Å². The number of rotatable bonds is 3. The Kier molecular flexibility index (Phi) is 3.85. The van der Waals surface area contributed by atoms with Gasteiger partial charge in [0.1, 0.15) is 0 Å². The van der Waals surface area contributed by atoms with Gasteiger partial charge in [0.25, 0.3) is 0 Å². The predicted octanol–water partition coefficient (Wildman–Crippen LogP) is 0.679. The van der Waals surface area contributed by atoms with Crippen molar-refractivity contribution in [2.75, 3.05) is 39.9 Å². The first-order chi connectivity index (χ1) is 7.55. The molecule has 4 heteroatoms. The third-order valence-electron chi connectivity index (χ3n) is 3.45. The van der Waals surface area contributed by atoms with Crippen LogP contribution in [0.3, 0.4) is 0 Å². The molecule has 94 valence electrons. The monoisotopic (exact) mass is 228 g/mol. The van der Waals surface area contributed by atoms with Crippen LogP contribution in [-0.4, -0.2) is 56.6 Å². The highest BCUT2D eigenvalue weighted by Crippen LogP contribution is 2.18. The summed E-state index contributed by atoms with van der Waals surface area (Å²) in [5.74, 6) is 0.395. The largest absolute Gasteiger partial charge is 0.349 e. The second kappa shape index (κ2) is 5.00. The molecule has 1 unspecified atom stereocenters. The van der Waals surface area contributed by atoms with Gasteiger partial charge in [-0.2, -0.15) is 0 Å². The molecule has 2 saturated heterocycles. The van der Waals surface area contributed by atoms with Crippen LogP contribution in [0, 0.1) is 5.92 Å². The van der Waals surface area contributed by atoms with Gasteiger partial charge in [-0.25, -0.2) is 0 Å². The SMILES string of the molecule is CN1CCC(CNC2COC(C)(C)OC2)C1. The number of ether oxygens (including phenoxy) is 2. The van der Waals surface area contributed by atoms with E-state index in [2.05, 4.69) is 17.3 Å². The second-order valence-electron chi connectivity index (χ2n) is 5.54. The van der Waals surface area contributed by atoms with Crippen LogP contribution in [0.1, 0.15) is 20.3 Å². The standard InChI is InChI=1S/C12H24N2O2/c1-12(2)15-8-11(9-16-12)13-6-10-4-5-14(3)7-10/h10-11,13H,4-9H2,1-3H3. The highest BCUT2D eigenvalue weighted by molar-refractivity contribution is 4.79. The minimum atomic E-state index is -0.397. The van der Waals surface area contributed by atoms with Gasteiger partial charge in [0.15, 0.2) is 5.79 Å². The summed E-state index contributed by atoms with van der Waals surface area (Å²) >= 11 is 0. The Bertz CT molecular complexity index is 223. The fourth-order valence-corrected chi connectivity index (χ4v) is 2.34. The summed E-state index contributed by atoms with van der Waals surface area (Å²) in [7, 11) is 2.19. The van der Waals surface area contributed by atoms with Gasteiger partial charge in [-0.15, -0.1) is 0 Å². The highest BCUT2D eigenvalue weighted by Gasteiger charge is 2.28. The molecule has 0 spiro atoms. The van der Waals surface area contributed by atoms with E-state index in [0.29, 0.717) is 6.04 Å². The Hall–Kier alpha value is -0.160. The van der Waals surface area contributed by atoms with Crippen LogP contribution in [0.15, 0.2) is 0 Å². The second-order valence-corrected chi connectivity index (χ2v) is 5.54. The van der Waals surface area contributed by atoms with Crippen molar-refractivity contribution >= 4 is 0 Å². The summed E-state index contributed by atoms with van der Waals surface area (Å²) in [5, 5.41) is 3.55. The number of hydrogen-bond acceptors (Lipinski definition) is 4. The molecule has 0 aliphatic carbocycles. The fourth-order valence-electron chi connectivity index (χ4n) is 2.34. The van der Waals surface area contributed by atoms with Crippen molar-refractivity contribution in [3.05, 3.63) is 0 Å². The molecular weight excluding hydrogens is 204 g/mol. The smallest absolute Gasteiger partial charge is 0.162 e. The Balaban J connectivity index is 1.64. The summed E-state index contributed by atoms with van der Waals surface area (Å²) in [6.07, 6.45) is 1.31. The lowest BCUT2D eigenvalue weighted by Crippen LogP contribution is -2.49. The van der Waals surface area contributed by atoms with Crippen molar-refractivity contribution in [3.63, 3.8) is 0 Å². The molecule has 0 amide bonds. The molecule has 0 aromatic rings. The van der Waals surface area contributed by atoms with E-state index in [4.69, 9.17) is 9.47 Å². The van der Waals surface area contributed by atoms with Crippen molar-refractivity contribution in [2.45, 2.75) is 32.1 Å². The third-order valence-corrected chi connectivity index (χ3v) is 3.45. The lowest BCUT2D eigenvalue weighted by Gasteiger charge is -2.35. The summed E-state index contributed by atoms with van der Waals surface area (Å²) in [6, 6.07) is 0.360. The van der Waals surface area contributed by atoms with E-state index >= 15 is 0 Å². The molecular formula is C12H24N2O2. The zero-order valence-corrected chi connectivity index (χ0v) is 10.7. The molecule has 2 rings (SSSR count). The first-order valence-electron chi connectivity index (χ1n) is 6.25. The summed E-state index contributed by atoms with van der Waals surface area (Å²) in [6.45, 7) is 8.99. The predicted molar refractivity (Wildman–Crippen MR) is 63.4 cm³/mol. The van der Waals surface area contributed by atoms with E-state index in [1.54, 1.807) is 0 Å². The first-order valence-corrected chi connectivity index (χ1v) is 6.25. The van der Waals surface area contributed by atoms with Gasteiger partial charge in [0.05, 0.1) is 19.3 Å². The fraction of sp³-hybridized carbons (Fsp3) is 1.00. The van der Waals surface area contributed by atoms with E-state index in [0.717, 1.165) is 25.7 Å². The van der Waals surface area contributed by atoms with Crippen molar-refractivity contribution in [1.29, 1.82) is 0 Å². The van der Waals surface area contributed by atoms with Crippen LogP contribution in [0.2, 0.25) is 0 Å². The van der Waals surface area contributed by atoms with E-state index in [-0.39, 0.29) is 0 Å². The molecule has 2 aliphatic rings. The molecule has 1 atom stereocenters. The first kappa shape index (κ1) is 12.3. The molecule has 2 heterocycles. The van der Waals surface area contributed by atoms with Crippen LogP contribution in [-0.2, 0) is 9.47 Å². The Labute approximate surface area is 98.3 Å². The summed E-state index contributed by atoms with van der Waals surface area (Å²) in [5.41, 5.74) is 0. The Morgan fingerprint density at radius 2 is 2.00 bits per heavy atom. The van der Waals surface area contributed by atoms with E-state index in [1.165, 1.54) is 19.5 Å². The Morgan fingerprint density at radius 1 is 1.31 bits per heavy atom. The average molecular weight is 228 g/mol. The number of nitrogens with one attached hydrogen (secondary N) is 1. The molecule has 2 aliphatic heterocycles. The highest BCUT2D eigenvalue weighted by atomic mass is 16.7. The van der Waals surface area contributed by atoms with Crippen molar-refractivity contribution < 1.29 is 9.47 Å². The average Bonchev–Trinajstić information content (AvgIpc) is 2.63. The minimum Gasteiger partial charge on any atom is -0.349 e. The quantitative estimate of drug-likeness (QED) is 0.770. The van der Waals surface area contributed by atoms with E-state index in [1.807, 2.05) is 13.8 Å². The van der Waals surface area contributed by atoms with Gasteiger partial charge in [0.2, 0.25) is 0 Å². The van der Waals surface area contributed by atoms with Crippen LogP contribution in [0.25, 0.3) is 0 Å². The summed E-state index contributed by atoms with van der Waals surface area (Å²) < 4.78 is 11.2. The number of hydrogen-bond donors (Lipinski definition) is 1. The van der Waals surface area contributed by atoms with Crippen molar-refractivity contribution in [2.24, 2.45) is 5.92 Å². The lowest BCUT2D eigenvalue weighted by atomic mass is 10.1. The molecule has 1 N–H and O–H groups in total. The van der Waals surface area contributed by atoms with Crippen LogP contribution >= 0.6 is 0 Å². The Morgan fingerprint density at radius 3 is 2.56 bits per heavy atom. The molecule has 0 aromatic heterocycles. The molecule has 0 radical (unpaired) electrons. The lowest BCUT2D eigenvalue weighted by molar-refractivity contribution is -0.253. The molecule has 0 bridgehead atoms. The third kappa shape index (κ3) is 3.42. The van der Waals surface area contributed by atoms with Gasteiger partial charge < -0.3 is 19.7 Å². The zero-order valence-electron chi connectivity index (χ0n) is 10.7. The van der Waals surface area contributed by atoms with Gasteiger partial charge in [-0.3, -0.25) is 0 Å². The maximum Gasteiger partial charge on any atom is 0.162 e. The molecule has 16 heavy (non-hydrogen) atoms. The number of nitrogens with zero attached hydrogens (tertiary/aromatic N) is 1. The molecule has 4 nitrogen and oxygen atoms in total. The molecule has 0 aromatic carbocycles. The van der Waals surface area contributed by atoms with Gasteiger partial charge in [0, 0.05) is 6.54 Å². The van der Waals surface area contributed by atoms with E-state index in [9.17, 15) is 0 Å². The van der Waals surface area contributed by atoms with Gasteiger partial charge >= 0.3 is 0 Å². The maximum atomic E-state index is 5.62. The maximum absolute atomic E-state index is 5.62. The zero-order chi connectivity index (χ0) is 11.6. The normalized spacial score (nSPS) is 32.1. The van der Waals surface area contributed by atoms with Gasteiger partial charge in [-0.1, -0.05) is 0 Å². The molecule has 2 fully saturated rings. The minimum absolute atomic E-state index is 0.360. The number of likely N-dealkylation sites (tertiary alicyclic amines) is 1. The van der Waals surface area contributed by atoms with Crippen molar-refractivity contribution in [3.8, 4) is 0 Å². The van der Waals surface area contributed by atoms with E-state index < -0.39 is 5.79 Å².